The molecule has 0 radical (unpaired) electrons. The van der Waals surface area contributed by atoms with Crippen molar-refractivity contribution in [2.45, 2.75) is 13.0 Å². The van der Waals surface area contributed by atoms with Crippen LogP contribution in [0.5, 0.6) is 11.5 Å². The number of rotatable bonds is 5. The maximum Gasteiger partial charge on any atom is 0.279 e. The van der Waals surface area contributed by atoms with Gasteiger partial charge in [-0.25, -0.2) is 4.72 Å². The van der Waals surface area contributed by atoms with Crippen molar-refractivity contribution in [1.29, 1.82) is 0 Å². The number of likely N-dealkylation sites (N-methyl/N-ethyl adjacent to an activating group) is 1. The van der Waals surface area contributed by atoms with E-state index in [-0.39, 0.29) is 12.6 Å². The summed E-state index contributed by atoms with van der Waals surface area (Å²) in [5, 5.41) is 0. The lowest BCUT2D eigenvalue weighted by Gasteiger charge is -2.29. The molecule has 6 nitrogen and oxygen atoms in total. The summed E-state index contributed by atoms with van der Waals surface area (Å²) in [7, 11) is -1.92. The van der Waals surface area contributed by atoms with E-state index in [4.69, 9.17) is 9.47 Å². The summed E-state index contributed by atoms with van der Waals surface area (Å²) in [4.78, 5) is 0. The number of hydrogen-bond acceptors (Lipinski definition) is 4. The van der Waals surface area contributed by atoms with E-state index in [1.807, 2.05) is 18.2 Å². The van der Waals surface area contributed by atoms with Gasteiger partial charge >= 0.3 is 0 Å². The van der Waals surface area contributed by atoms with Crippen molar-refractivity contribution >= 4 is 10.2 Å². The van der Waals surface area contributed by atoms with Crippen molar-refractivity contribution in [3.63, 3.8) is 0 Å². The van der Waals surface area contributed by atoms with Crippen molar-refractivity contribution < 1.29 is 17.9 Å². The predicted molar refractivity (Wildman–Crippen MR) is 71.6 cm³/mol. The highest BCUT2D eigenvalue weighted by Gasteiger charge is 2.26. The van der Waals surface area contributed by atoms with Crippen LogP contribution in [0, 0.1) is 0 Å². The van der Waals surface area contributed by atoms with E-state index < -0.39 is 10.2 Å². The highest BCUT2D eigenvalue weighted by atomic mass is 32.2. The summed E-state index contributed by atoms with van der Waals surface area (Å²) in [6.07, 6.45) is -0.312. The van der Waals surface area contributed by atoms with Crippen LogP contribution in [0.15, 0.2) is 24.3 Å². The zero-order valence-electron chi connectivity index (χ0n) is 11.0. The van der Waals surface area contributed by atoms with Crippen molar-refractivity contribution in [2.75, 3.05) is 26.7 Å². The molecule has 0 fully saturated rings. The summed E-state index contributed by atoms with van der Waals surface area (Å²) in [5.74, 6) is 1.34. The molecule has 7 heteroatoms. The van der Waals surface area contributed by atoms with Gasteiger partial charge in [0.2, 0.25) is 0 Å². The maximum atomic E-state index is 11.8. The molecular weight excluding hydrogens is 268 g/mol. The fourth-order valence-electron chi connectivity index (χ4n) is 1.83. The number of para-hydroxylation sites is 2. The number of ether oxygens (including phenoxy) is 2. The quantitative estimate of drug-likeness (QED) is 0.861. The third-order valence-electron chi connectivity index (χ3n) is 2.77. The van der Waals surface area contributed by atoms with Gasteiger partial charge in [0.05, 0.1) is 6.54 Å². The molecule has 1 aliphatic rings. The molecular formula is C12H18N2O4S. The van der Waals surface area contributed by atoms with E-state index in [0.717, 1.165) is 0 Å². The molecule has 1 aromatic carbocycles. The first-order chi connectivity index (χ1) is 9.03. The van der Waals surface area contributed by atoms with E-state index >= 15 is 0 Å². The van der Waals surface area contributed by atoms with Crippen LogP contribution in [-0.4, -0.2) is 45.6 Å². The van der Waals surface area contributed by atoms with Crippen molar-refractivity contribution in [1.82, 2.24) is 9.03 Å². The topological polar surface area (TPSA) is 67.9 Å². The number of benzene rings is 1. The second-order valence-corrected chi connectivity index (χ2v) is 6.14. The SMILES string of the molecule is CCNS(=O)(=O)N(C)CC1COc2ccccc2O1. The summed E-state index contributed by atoms with van der Waals surface area (Å²) < 4.78 is 38.5. The van der Waals surface area contributed by atoms with Crippen molar-refractivity contribution in [3.8, 4) is 11.5 Å². The van der Waals surface area contributed by atoms with Gasteiger partial charge in [-0.15, -0.1) is 0 Å². The highest BCUT2D eigenvalue weighted by molar-refractivity contribution is 7.87. The summed E-state index contributed by atoms with van der Waals surface area (Å²) >= 11 is 0. The first-order valence-corrected chi connectivity index (χ1v) is 7.56. The minimum atomic E-state index is -3.44. The Morgan fingerprint density at radius 3 is 2.74 bits per heavy atom. The average molecular weight is 286 g/mol. The zero-order chi connectivity index (χ0) is 13.9. The van der Waals surface area contributed by atoms with Crippen LogP contribution in [0.25, 0.3) is 0 Å². The molecule has 0 aromatic heterocycles. The van der Waals surface area contributed by atoms with E-state index in [0.29, 0.717) is 24.7 Å². The van der Waals surface area contributed by atoms with Gasteiger partial charge in [-0.1, -0.05) is 19.1 Å². The second kappa shape index (κ2) is 5.77. The lowest BCUT2D eigenvalue weighted by atomic mass is 10.2. The summed E-state index contributed by atoms with van der Waals surface area (Å²) in [6, 6.07) is 7.35. The van der Waals surface area contributed by atoms with Gasteiger partial charge in [0, 0.05) is 13.6 Å². The Hall–Kier alpha value is -1.31. The number of fused-ring (bicyclic) bond motifs is 1. The van der Waals surface area contributed by atoms with E-state index in [1.165, 1.54) is 11.4 Å². The van der Waals surface area contributed by atoms with Crippen molar-refractivity contribution in [3.05, 3.63) is 24.3 Å². The molecule has 0 spiro atoms. The minimum Gasteiger partial charge on any atom is -0.486 e. The Balaban J connectivity index is 1.99. The largest absolute Gasteiger partial charge is 0.486 e. The fourth-order valence-corrected chi connectivity index (χ4v) is 2.78. The van der Waals surface area contributed by atoms with E-state index in [9.17, 15) is 8.42 Å². The fraction of sp³-hybridized carbons (Fsp3) is 0.500. The molecule has 1 aromatic rings. The third kappa shape index (κ3) is 3.37. The molecule has 1 unspecified atom stereocenters. The molecule has 19 heavy (non-hydrogen) atoms. The molecule has 0 aliphatic carbocycles. The number of hydrogen-bond donors (Lipinski definition) is 1. The molecule has 1 atom stereocenters. The molecule has 1 heterocycles. The second-order valence-electron chi connectivity index (χ2n) is 4.28. The summed E-state index contributed by atoms with van der Waals surface area (Å²) in [5.41, 5.74) is 0. The lowest BCUT2D eigenvalue weighted by molar-refractivity contribution is 0.0797. The van der Waals surface area contributed by atoms with Gasteiger partial charge < -0.3 is 9.47 Å². The van der Waals surface area contributed by atoms with Gasteiger partial charge in [0.25, 0.3) is 10.2 Å². The molecule has 1 aliphatic heterocycles. The average Bonchev–Trinajstić information content (AvgIpc) is 2.38. The zero-order valence-corrected chi connectivity index (χ0v) is 11.8. The van der Waals surface area contributed by atoms with Crippen LogP contribution in [-0.2, 0) is 10.2 Å². The molecule has 0 bridgehead atoms. The first-order valence-electron chi connectivity index (χ1n) is 6.12. The predicted octanol–water partition coefficient (Wildman–Crippen LogP) is 0.613. The van der Waals surface area contributed by atoms with Crippen LogP contribution in [0.2, 0.25) is 0 Å². The van der Waals surface area contributed by atoms with Gasteiger partial charge in [0.15, 0.2) is 11.5 Å². The van der Waals surface area contributed by atoms with Crippen LogP contribution in [0.3, 0.4) is 0 Å². The number of nitrogens with zero attached hydrogens (tertiary/aromatic N) is 1. The van der Waals surface area contributed by atoms with Crippen LogP contribution in [0.1, 0.15) is 6.92 Å². The van der Waals surface area contributed by atoms with Crippen LogP contribution >= 0.6 is 0 Å². The molecule has 106 valence electrons. The molecule has 1 N–H and O–H groups in total. The van der Waals surface area contributed by atoms with Crippen LogP contribution in [0.4, 0.5) is 0 Å². The Morgan fingerprint density at radius 2 is 2.05 bits per heavy atom. The summed E-state index contributed by atoms with van der Waals surface area (Å²) in [6.45, 7) is 2.67. The maximum absolute atomic E-state index is 11.8. The molecule has 0 amide bonds. The molecule has 2 rings (SSSR count). The smallest absolute Gasteiger partial charge is 0.279 e. The third-order valence-corrected chi connectivity index (χ3v) is 4.39. The normalized spacial score (nSPS) is 18.6. The first kappa shape index (κ1) is 14.1. The minimum absolute atomic E-state index is 0.240. The Kier molecular flexibility index (Phi) is 4.28. The monoisotopic (exact) mass is 286 g/mol. The Labute approximate surface area is 113 Å². The van der Waals surface area contributed by atoms with E-state index in [1.54, 1.807) is 13.0 Å². The van der Waals surface area contributed by atoms with Crippen molar-refractivity contribution in [2.24, 2.45) is 0 Å². The molecule has 0 saturated heterocycles. The number of nitrogens with one attached hydrogen (secondary N) is 1. The standard InChI is InChI=1S/C12H18N2O4S/c1-3-13-19(15,16)14(2)8-10-9-17-11-6-4-5-7-12(11)18-10/h4-7,10,13H,3,8-9H2,1-2H3. The lowest BCUT2D eigenvalue weighted by Crippen LogP contribution is -2.45. The van der Waals surface area contributed by atoms with E-state index in [2.05, 4.69) is 4.72 Å². The highest BCUT2D eigenvalue weighted by Crippen LogP contribution is 2.30. The Morgan fingerprint density at radius 1 is 1.37 bits per heavy atom. The molecule has 0 saturated carbocycles. The van der Waals surface area contributed by atoms with Gasteiger partial charge in [-0.3, -0.25) is 0 Å². The van der Waals surface area contributed by atoms with Gasteiger partial charge in [-0.2, -0.15) is 12.7 Å². The van der Waals surface area contributed by atoms with Gasteiger partial charge in [0.1, 0.15) is 12.7 Å². The van der Waals surface area contributed by atoms with Crippen LogP contribution < -0.4 is 14.2 Å². The Bertz CT molecular complexity index is 532. The van der Waals surface area contributed by atoms with Gasteiger partial charge in [-0.05, 0) is 12.1 Å².